The molecule has 0 aromatic carbocycles. The summed E-state index contributed by atoms with van der Waals surface area (Å²) in [6.07, 6.45) is 6.24. The van der Waals surface area contributed by atoms with Gasteiger partial charge in [-0.1, -0.05) is 13.3 Å². The van der Waals surface area contributed by atoms with Crippen LogP contribution in [0.15, 0.2) is 4.47 Å². The number of hydrogen-bond acceptors (Lipinski definition) is 2. The summed E-state index contributed by atoms with van der Waals surface area (Å²) in [6, 6.07) is 0. The van der Waals surface area contributed by atoms with Crippen LogP contribution in [0.3, 0.4) is 0 Å². The summed E-state index contributed by atoms with van der Waals surface area (Å²) in [7, 11) is 2.08. The Balaban J connectivity index is 2.03. The maximum Gasteiger partial charge on any atom is 0.0766 e. The second-order valence-electron chi connectivity index (χ2n) is 7.47. The molecular formula is C17H30BrN3. The van der Waals surface area contributed by atoms with Gasteiger partial charge in [0.25, 0.3) is 0 Å². The van der Waals surface area contributed by atoms with E-state index in [-0.39, 0.29) is 5.54 Å². The zero-order chi connectivity index (χ0) is 15.6. The van der Waals surface area contributed by atoms with Crippen LogP contribution in [-0.4, -0.2) is 21.9 Å². The molecule has 1 fully saturated rings. The van der Waals surface area contributed by atoms with Gasteiger partial charge in [0.1, 0.15) is 0 Å². The van der Waals surface area contributed by atoms with E-state index in [4.69, 9.17) is 0 Å². The molecule has 0 aliphatic heterocycles. The van der Waals surface area contributed by atoms with Gasteiger partial charge >= 0.3 is 0 Å². The maximum absolute atomic E-state index is 4.64. The largest absolute Gasteiger partial charge is 0.312 e. The van der Waals surface area contributed by atoms with Crippen molar-refractivity contribution in [3.8, 4) is 0 Å². The Morgan fingerprint density at radius 1 is 1.29 bits per heavy atom. The zero-order valence-corrected chi connectivity index (χ0v) is 15.8. The first-order chi connectivity index (χ1) is 9.81. The monoisotopic (exact) mass is 355 g/mol. The molecule has 1 aromatic rings. The number of rotatable bonds is 5. The summed E-state index contributed by atoms with van der Waals surface area (Å²) in [6.45, 7) is 10.1. The standard InChI is InChI=1S/C17H30BrN3/c1-6-14-16(18)15(21(5)20-14)10-12-8-7-9-13(12)11-19-17(2,3)4/h12-13,19H,6-11H2,1-5H3. The molecular weight excluding hydrogens is 326 g/mol. The van der Waals surface area contributed by atoms with Gasteiger partial charge in [0.2, 0.25) is 0 Å². The van der Waals surface area contributed by atoms with Crippen molar-refractivity contribution in [3.05, 3.63) is 15.9 Å². The predicted molar refractivity (Wildman–Crippen MR) is 92.6 cm³/mol. The molecule has 3 nitrogen and oxygen atoms in total. The average Bonchev–Trinajstić information content (AvgIpc) is 2.95. The summed E-state index contributed by atoms with van der Waals surface area (Å²) in [5.74, 6) is 1.59. The molecule has 1 saturated carbocycles. The Kier molecular flexibility index (Phi) is 5.53. The first-order valence-electron chi connectivity index (χ1n) is 8.27. The quantitative estimate of drug-likeness (QED) is 0.861. The number of halogens is 1. The molecule has 1 heterocycles. The van der Waals surface area contributed by atoms with Crippen molar-refractivity contribution in [1.82, 2.24) is 15.1 Å². The molecule has 1 N–H and O–H groups in total. The highest BCUT2D eigenvalue weighted by molar-refractivity contribution is 9.10. The van der Waals surface area contributed by atoms with Crippen molar-refractivity contribution in [2.45, 2.75) is 65.3 Å². The smallest absolute Gasteiger partial charge is 0.0766 e. The lowest BCUT2D eigenvalue weighted by Crippen LogP contribution is -2.40. The Morgan fingerprint density at radius 2 is 1.95 bits per heavy atom. The van der Waals surface area contributed by atoms with E-state index >= 15 is 0 Å². The molecule has 2 unspecified atom stereocenters. The van der Waals surface area contributed by atoms with Crippen molar-refractivity contribution in [2.24, 2.45) is 18.9 Å². The second kappa shape index (κ2) is 6.82. The van der Waals surface area contributed by atoms with Crippen LogP contribution in [0.1, 0.15) is 58.3 Å². The number of aryl methyl sites for hydroxylation is 2. The first kappa shape index (κ1) is 17.0. The first-order valence-corrected chi connectivity index (χ1v) is 9.06. The minimum Gasteiger partial charge on any atom is -0.312 e. The molecule has 0 saturated heterocycles. The topological polar surface area (TPSA) is 29.9 Å². The molecule has 0 bridgehead atoms. The van der Waals surface area contributed by atoms with Crippen LogP contribution in [0, 0.1) is 11.8 Å². The van der Waals surface area contributed by atoms with E-state index in [9.17, 15) is 0 Å². The van der Waals surface area contributed by atoms with Crippen molar-refractivity contribution in [3.63, 3.8) is 0 Å². The highest BCUT2D eigenvalue weighted by Gasteiger charge is 2.30. The third-order valence-corrected chi connectivity index (χ3v) is 5.58. The van der Waals surface area contributed by atoms with Gasteiger partial charge in [0, 0.05) is 12.6 Å². The highest BCUT2D eigenvalue weighted by atomic mass is 79.9. The van der Waals surface area contributed by atoms with Crippen LogP contribution in [0.25, 0.3) is 0 Å². The van der Waals surface area contributed by atoms with Gasteiger partial charge in [-0.2, -0.15) is 5.10 Å². The highest BCUT2D eigenvalue weighted by Crippen LogP contribution is 2.36. The van der Waals surface area contributed by atoms with E-state index in [1.807, 2.05) is 0 Å². The molecule has 2 rings (SSSR count). The van der Waals surface area contributed by atoms with Crippen LogP contribution in [-0.2, 0) is 19.9 Å². The molecule has 120 valence electrons. The van der Waals surface area contributed by atoms with Gasteiger partial charge in [0.05, 0.1) is 15.9 Å². The number of hydrogen-bond donors (Lipinski definition) is 1. The van der Waals surface area contributed by atoms with Crippen LogP contribution in [0.4, 0.5) is 0 Å². The number of nitrogens with zero attached hydrogens (tertiary/aromatic N) is 2. The van der Waals surface area contributed by atoms with E-state index in [2.05, 4.69) is 65.8 Å². The lowest BCUT2D eigenvalue weighted by atomic mass is 9.90. The third kappa shape index (κ3) is 4.32. The minimum atomic E-state index is 0.218. The van der Waals surface area contributed by atoms with Gasteiger partial charge in [-0.15, -0.1) is 0 Å². The summed E-state index contributed by atoms with van der Waals surface area (Å²) in [5, 5.41) is 8.33. The predicted octanol–water partition coefficient (Wildman–Crippen LogP) is 4.09. The maximum atomic E-state index is 4.64. The minimum absolute atomic E-state index is 0.218. The third-order valence-electron chi connectivity index (χ3n) is 4.67. The lowest BCUT2D eigenvalue weighted by molar-refractivity contribution is 0.314. The fraction of sp³-hybridized carbons (Fsp3) is 0.824. The van der Waals surface area contributed by atoms with Crippen LogP contribution >= 0.6 is 15.9 Å². The molecule has 1 aliphatic rings. The van der Waals surface area contributed by atoms with Crippen molar-refractivity contribution in [2.75, 3.05) is 6.54 Å². The van der Waals surface area contributed by atoms with Gasteiger partial charge in [0.15, 0.2) is 0 Å². The second-order valence-corrected chi connectivity index (χ2v) is 8.26. The Labute approximate surface area is 138 Å². The fourth-order valence-electron chi connectivity index (χ4n) is 3.38. The normalized spacial score (nSPS) is 23.0. The van der Waals surface area contributed by atoms with E-state index in [1.54, 1.807) is 0 Å². The summed E-state index contributed by atoms with van der Waals surface area (Å²) in [4.78, 5) is 0. The molecule has 0 radical (unpaired) electrons. The summed E-state index contributed by atoms with van der Waals surface area (Å²) >= 11 is 3.76. The Morgan fingerprint density at radius 3 is 2.52 bits per heavy atom. The Hall–Kier alpha value is -0.350. The number of aromatic nitrogens is 2. The average molecular weight is 356 g/mol. The fourth-order valence-corrected chi connectivity index (χ4v) is 4.16. The van der Waals surface area contributed by atoms with Gasteiger partial charge in [-0.25, -0.2) is 0 Å². The molecule has 21 heavy (non-hydrogen) atoms. The van der Waals surface area contributed by atoms with E-state index in [1.165, 1.54) is 35.1 Å². The Bertz CT molecular complexity index is 473. The van der Waals surface area contributed by atoms with E-state index in [0.717, 1.165) is 31.2 Å². The van der Waals surface area contributed by atoms with Crippen LogP contribution < -0.4 is 5.32 Å². The molecule has 2 atom stereocenters. The molecule has 4 heteroatoms. The van der Waals surface area contributed by atoms with Crippen molar-refractivity contribution in [1.29, 1.82) is 0 Å². The van der Waals surface area contributed by atoms with Crippen molar-refractivity contribution < 1.29 is 0 Å². The van der Waals surface area contributed by atoms with Crippen LogP contribution in [0.5, 0.6) is 0 Å². The zero-order valence-electron chi connectivity index (χ0n) is 14.2. The van der Waals surface area contributed by atoms with E-state index in [0.29, 0.717) is 0 Å². The van der Waals surface area contributed by atoms with E-state index < -0.39 is 0 Å². The van der Waals surface area contributed by atoms with Crippen LogP contribution in [0.2, 0.25) is 0 Å². The van der Waals surface area contributed by atoms with Crippen molar-refractivity contribution >= 4 is 15.9 Å². The lowest BCUT2D eigenvalue weighted by Gasteiger charge is -2.26. The summed E-state index contributed by atoms with van der Waals surface area (Å²) in [5.41, 5.74) is 2.78. The molecule has 1 aromatic heterocycles. The molecule has 1 aliphatic carbocycles. The van der Waals surface area contributed by atoms with Gasteiger partial charge in [-0.3, -0.25) is 4.68 Å². The SMILES string of the molecule is CCc1nn(C)c(CC2CCCC2CNC(C)(C)C)c1Br. The van der Waals surface area contributed by atoms with Gasteiger partial charge < -0.3 is 5.32 Å². The summed E-state index contributed by atoms with van der Waals surface area (Å²) < 4.78 is 3.32. The molecule has 0 amide bonds. The molecule has 0 spiro atoms. The van der Waals surface area contributed by atoms with Gasteiger partial charge in [-0.05, 0) is 80.8 Å². The number of nitrogens with one attached hydrogen (secondary N) is 1.